The highest BCUT2D eigenvalue weighted by molar-refractivity contribution is 6.21. The molecule has 1 aromatic heterocycles. The highest BCUT2D eigenvalue weighted by Gasteiger charge is 2.35. The molecule has 2 aliphatic heterocycles. The third-order valence-corrected chi connectivity index (χ3v) is 6.54. The molecular formula is C28H37N5O4. The number of imide groups is 1. The largest absolute Gasteiger partial charge is 0.444 e. The van der Waals surface area contributed by atoms with Crippen LogP contribution in [0.2, 0.25) is 0 Å². The Morgan fingerprint density at radius 1 is 1.08 bits per heavy atom. The van der Waals surface area contributed by atoms with Gasteiger partial charge in [-0.1, -0.05) is 18.2 Å². The van der Waals surface area contributed by atoms with Crippen molar-refractivity contribution in [3.63, 3.8) is 0 Å². The van der Waals surface area contributed by atoms with Gasteiger partial charge < -0.3 is 15.0 Å². The van der Waals surface area contributed by atoms with Crippen LogP contribution < -0.4 is 5.32 Å². The van der Waals surface area contributed by atoms with E-state index in [4.69, 9.17) is 4.74 Å². The standard InChI is InChI=1S/C28H37N5O4/c1-28(2,3)37-27(36)32-17-14-29-18-22(32)20-31(19-21-10-6-7-13-30-21)15-8-9-16-33-25(34)23-11-4-5-12-24(23)26(33)35/h4-7,10-13,22,29H,8-9,14-20H2,1-3H3/t22-/m1/s1. The highest BCUT2D eigenvalue weighted by atomic mass is 16.6. The molecule has 0 saturated carbocycles. The summed E-state index contributed by atoms with van der Waals surface area (Å²) in [6, 6.07) is 12.8. The summed E-state index contributed by atoms with van der Waals surface area (Å²) >= 11 is 0. The second-order valence-electron chi connectivity index (χ2n) is 10.6. The first-order valence-corrected chi connectivity index (χ1v) is 13.0. The van der Waals surface area contributed by atoms with Gasteiger partial charge in [0.05, 0.1) is 22.9 Å². The predicted molar refractivity (Wildman–Crippen MR) is 140 cm³/mol. The number of unbranched alkanes of at least 4 members (excludes halogenated alkanes) is 1. The number of pyridine rings is 1. The van der Waals surface area contributed by atoms with Gasteiger partial charge in [0.25, 0.3) is 11.8 Å². The second kappa shape index (κ2) is 11.8. The molecule has 1 aromatic carbocycles. The molecule has 0 spiro atoms. The summed E-state index contributed by atoms with van der Waals surface area (Å²) in [6.45, 7) is 10.1. The molecule has 0 aliphatic carbocycles. The topological polar surface area (TPSA) is 95.1 Å². The zero-order valence-electron chi connectivity index (χ0n) is 22.0. The van der Waals surface area contributed by atoms with Crippen LogP contribution in [-0.4, -0.2) is 88.5 Å². The molecule has 0 bridgehead atoms. The SMILES string of the molecule is CC(C)(C)OC(=O)N1CCNC[C@@H]1CN(CCCCN1C(=O)c2ccccc2C1=O)Cc1ccccn1. The predicted octanol–water partition coefficient (Wildman–Crippen LogP) is 3.17. The highest BCUT2D eigenvalue weighted by Crippen LogP contribution is 2.23. The van der Waals surface area contributed by atoms with Gasteiger partial charge in [-0.05, 0) is 64.4 Å². The summed E-state index contributed by atoms with van der Waals surface area (Å²) in [5.74, 6) is -0.431. The van der Waals surface area contributed by atoms with E-state index in [-0.39, 0.29) is 23.9 Å². The lowest BCUT2D eigenvalue weighted by Gasteiger charge is -2.39. The molecule has 1 atom stereocenters. The zero-order valence-corrected chi connectivity index (χ0v) is 22.0. The molecule has 2 aromatic rings. The maximum absolute atomic E-state index is 12.9. The maximum Gasteiger partial charge on any atom is 0.410 e. The van der Waals surface area contributed by atoms with E-state index in [0.717, 1.165) is 25.2 Å². The van der Waals surface area contributed by atoms with Gasteiger partial charge in [-0.3, -0.25) is 24.4 Å². The van der Waals surface area contributed by atoms with Crippen molar-refractivity contribution in [2.45, 2.75) is 51.8 Å². The monoisotopic (exact) mass is 507 g/mol. The number of nitrogens with one attached hydrogen (secondary N) is 1. The molecule has 0 radical (unpaired) electrons. The number of benzene rings is 1. The molecule has 4 rings (SSSR count). The third kappa shape index (κ3) is 6.93. The minimum Gasteiger partial charge on any atom is -0.444 e. The molecule has 9 heteroatoms. The van der Waals surface area contributed by atoms with Crippen LogP contribution in [0.5, 0.6) is 0 Å². The molecule has 1 fully saturated rings. The van der Waals surface area contributed by atoms with Crippen molar-refractivity contribution in [1.29, 1.82) is 0 Å². The van der Waals surface area contributed by atoms with Crippen molar-refractivity contribution in [2.75, 3.05) is 39.3 Å². The lowest BCUT2D eigenvalue weighted by Crippen LogP contribution is -2.58. The van der Waals surface area contributed by atoms with Crippen LogP contribution in [-0.2, 0) is 11.3 Å². The average Bonchev–Trinajstić information content (AvgIpc) is 3.11. The minimum atomic E-state index is -0.551. The number of amides is 3. The van der Waals surface area contributed by atoms with E-state index in [9.17, 15) is 14.4 Å². The summed E-state index contributed by atoms with van der Waals surface area (Å²) in [6.07, 6.45) is 2.99. The fourth-order valence-electron chi connectivity index (χ4n) is 4.79. The normalized spacial score (nSPS) is 17.9. The van der Waals surface area contributed by atoms with Crippen LogP contribution in [0.15, 0.2) is 48.7 Å². The fraction of sp³-hybridized carbons (Fsp3) is 0.500. The Labute approximate surface area is 218 Å². The van der Waals surface area contributed by atoms with Crippen molar-refractivity contribution in [3.8, 4) is 0 Å². The number of ether oxygens (including phenoxy) is 1. The number of nitrogens with zero attached hydrogens (tertiary/aromatic N) is 4. The first-order valence-electron chi connectivity index (χ1n) is 13.0. The lowest BCUT2D eigenvalue weighted by atomic mass is 10.1. The Bertz CT molecular complexity index is 1070. The third-order valence-electron chi connectivity index (χ3n) is 6.54. The molecular weight excluding hydrogens is 470 g/mol. The summed E-state index contributed by atoms with van der Waals surface area (Å²) in [4.78, 5) is 48.2. The molecule has 2 aliphatic rings. The Morgan fingerprint density at radius 2 is 1.78 bits per heavy atom. The first kappa shape index (κ1) is 26.8. The Kier molecular flexibility index (Phi) is 8.56. The van der Waals surface area contributed by atoms with E-state index in [1.54, 1.807) is 30.5 Å². The van der Waals surface area contributed by atoms with E-state index in [1.807, 2.05) is 43.9 Å². The molecule has 9 nitrogen and oxygen atoms in total. The van der Waals surface area contributed by atoms with E-state index in [0.29, 0.717) is 50.3 Å². The molecule has 3 heterocycles. The van der Waals surface area contributed by atoms with Crippen LogP contribution in [0.3, 0.4) is 0 Å². The van der Waals surface area contributed by atoms with Crippen LogP contribution >= 0.6 is 0 Å². The van der Waals surface area contributed by atoms with Gasteiger partial charge in [0.15, 0.2) is 0 Å². The van der Waals surface area contributed by atoms with E-state index < -0.39 is 5.60 Å². The van der Waals surface area contributed by atoms with Gasteiger partial charge in [-0.25, -0.2) is 4.79 Å². The Balaban J connectivity index is 1.37. The summed E-state index contributed by atoms with van der Waals surface area (Å²) in [5, 5.41) is 3.40. The quantitative estimate of drug-likeness (QED) is 0.412. The Morgan fingerprint density at radius 3 is 2.43 bits per heavy atom. The van der Waals surface area contributed by atoms with Crippen molar-refractivity contribution in [1.82, 2.24) is 25.0 Å². The van der Waals surface area contributed by atoms with E-state index in [1.165, 1.54) is 4.90 Å². The van der Waals surface area contributed by atoms with Gasteiger partial charge in [0, 0.05) is 45.5 Å². The number of carbonyl (C=O) groups is 3. The number of fused-ring (bicyclic) bond motifs is 1. The fourth-order valence-corrected chi connectivity index (χ4v) is 4.79. The molecule has 1 N–H and O–H groups in total. The van der Waals surface area contributed by atoms with Crippen molar-refractivity contribution < 1.29 is 19.1 Å². The number of aromatic nitrogens is 1. The zero-order chi connectivity index (χ0) is 26.4. The molecule has 1 saturated heterocycles. The molecule has 0 unspecified atom stereocenters. The maximum atomic E-state index is 12.9. The van der Waals surface area contributed by atoms with E-state index >= 15 is 0 Å². The van der Waals surface area contributed by atoms with Crippen LogP contribution in [0.4, 0.5) is 4.79 Å². The summed E-state index contributed by atoms with van der Waals surface area (Å²) in [7, 11) is 0. The van der Waals surface area contributed by atoms with Gasteiger partial charge in [0.1, 0.15) is 5.60 Å². The number of hydrogen-bond acceptors (Lipinski definition) is 7. The number of piperazine rings is 1. The average molecular weight is 508 g/mol. The Hall–Kier alpha value is -3.30. The van der Waals surface area contributed by atoms with Gasteiger partial charge >= 0.3 is 6.09 Å². The first-order chi connectivity index (χ1) is 17.7. The van der Waals surface area contributed by atoms with Gasteiger partial charge in [-0.15, -0.1) is 0 Å². The van der Waals surface area contributed by atoms with Crippen LogP contribution in [0.25, 0.3) is 0 Å². The number of carbonyl (C=O) groups excluding carboxylic acids is 3. The summed E-state index contributed by atoms with van der Waals surface area (Å²) < 4.78 is 5.67. The lowest BCUT2D eigenvalue weighted by molar-refractivity contribution is 0.00717. The number of hydrogen-bond donors (Lipinski definition) is 1. The second-order valence-corrected chi connectivity index (χ2v) is 10.6. The van der Waals surface area contributed by atoms with Crippen molar-refractivity contribution in [3.05, 3.63) is 65.5 Å². The molecule has 198 valence electrons. The smallest absolute Gasteiger partial charge is 0.410 e. The summed E-state index contributed by atoms with van der Waals surface area (Å²) in [5.41, 5.74) is 1.37. The number of rotatable bonds is 9. The van der Waals surface area contributed by atoms with Crippen molar-refractivity contribution >= 4 is 17.9 Å². The van der Waals surface area contributed by atoms with Gasteiger partial charge in [-0.2, -0.15) is 0 Å². The molecule has 37 heavy (non-hydrogen) atoms. The molecule has 3 amide bonds. The van der Waals surface area contributed by atoms with E-state index in [2.05, 4.69) is 15.2 Å². The van der Waals surface area contributed by atoms with Crippen LogP contribution in [0.1, 0.15) is 60.0 Å². The van der Waals surface area contributed by atoms with Crippen LogP contribution in [0, 0.1) is 0 Å². The minimum absolute atomic E-state index is 0.0384. The van der Waals surface area contributed by atoms with Gasteiger partial charge in [0.2, 0.25) is 0 Å². The van der Waals surface area contributed by atoms with Crippen molar-refractivity contribution in [2.24, 2.45) is 0 Å².